The molecule has 3 nitrogen and oxygen atoms in total. The van der Waals surface area contributed by atoms with Gasteiger partial charge in [-0.2, -0.15) is 0 Å². The van der Waals surface area contributed by atoms with E-state index in [-0.39, 0.29) is 9.80 Å². The second-order valence-corrected chi connectivity index (χ2v) is 6.19. The topological polar surface area (TPSA) is 46.2 Å². The van der Waals surface area contributed by atoms with Crippen molar-refractivity contribution in [3.8, 4) is 0 Å². The van der Waals surface area contributed by atoms with Crippen LogP contribution in [-0.4, -0.2) is 36.4 Å². The van der Waals surface area contributed by atoms with Gasteiger partial charge in [0.2, 0.25) is 0 Å². The van der Waals surface area contributed by atoms with Crippen LogP contribution in [0.4, 0.5) is 0 Å². The molecule has 0 saturated heterocycles. The lowest BCUT2D eigenvalue weighted by Gasteiger charge is -2.03. The molecule has 1 N–H and O–H groups in total. The van der Waals surface area contributed by atoms with Crippen molar-refractivity contribution >= 4 is 50.0 Å². The van der Waals surface area contributed by atoms with Gasteiger partial charge in [0.15, 0.2) is 9.84 Å². The van der Waals surface area contributed by atoms with Gasteiger partial charge in [-0.05, 0) is 5.37 Å². The molecule has 0 aliphatic rings. The number of hydrogen-bond donors (Lipinski definition) is 1. The van der Waals surface area contributed by atoms with Gasteiger partial charge in [-0.1, -0.05) is 34.8 Å². The Hall–Kier alpha value is 0.730. The Balaban J connectivity index is 3.51. The zero-order valence-corrected chi connectivity index (χ0v) is 9.87. The number of sulfone groups is 1. The molecule has 0 aliphatic heterocycles. The van der Waals surface area contributed by atoms with E-state index in [0.717, 1.165) is 0 Å². The Kier molecular flexibility index (Phi) is 5.75. The Morgan fingerprint density at radius 3 is 2.64 bits per heavy atom. The van der Waals surface area contributed by atoms with Crippen LogP contribution in [0.25, 0.3) is 0 Å². The molecule has 0 aromatic heterocycles. The fourth-order valence-electron chi connectivity index (χ4n) is 0.430. The SMILES string of the molecule is CS(=O)(=O)CNCC(I)C=S. The van der Waals surface area contributed by atoms with Gasteiger partial charge in [-0.15, -0.1) is 0 Å². The predicted molar refractivity (Wildman–Crippen MR) is 59.2 cm³/mol. The monoisotopic (exact) mass is 307 g/mol. The van der Waals surface area contributed by atoms with E-state index in [1.807, 2.05) is 0 Å². The van der Waals surface area contributed by atoms with E-state index >= 15 is 0 Å². The van der Waals surface area contributed by atoms with Crippen LogP contribution >= 0.6 is 34.8 Å². The molecule has 0 amide bonds. The van der Waals surface area contributed by atoms with Gasteiger partial charge < -0.3 is 5.32 Å². The predicted octanol–water partition coefficient (Wildman–Crippen LogP) is 0.381. The summed E-state index contributed by atoms with van der Waals surface area (Å²) in [6, 6.07) is 0. The zero-order valence-electron chi connectivity index (χ0n) is 6.08. The first-order valence-corrected chi connectivity index (χ1v) is 6.71. The molecule has 6 heteroatoms. The second kappa shape index (κ2) is 5.39. The smallest absolute Gasteiger partial charge is 0.160 e. The third kappa shape index (κ3) is 8.64. The third-order valence-corrected chi connectivity index (χ3v) is 3.20. The Morgan fingerprint density at radius 1 is 1.73 bits per heavy atom. The van der Waals surface area contributed by atoms with Gasteiger partial charge in [-0.3, -0.25) is 0 Å². The van der Waals surface area contributed by atoms with Gasteiger partial charge >= 0.3 is 0 Å². The molecule has 0 saturated carbocycles. The minimum atomic E-state index is -2.89. The number of thiocarbonyl (C=S) groups is 1. The maximum atomic E-state index is 10.6. The Labute approximate surface area is 86.0 Å². The minimum Gasteiger partial charge on any atom is -0.302 e. The highest BCUT2D eigenvalue weighted by Crippen LogP contribution is 1.94. The fraction of sp³-hybridized carbons (Fsp3) is 0.800. The lowest BCUT2D eigenvalue weighted by Crippen LogP contribution is -2.28. The third-order valence-electron chi connectivity index (χ3n) is 0.851. The van der Waals surface area contributed by atoms with E-state index in [2.05, 4.69) is 40.1 Å². The normalized spacial score (nSPS) is 14.4. The zero-order chi connectivity index (χ0) is 8.91. The van der Waals surface area contributed by atoms with Crippen LogP contribution < -0.4 is 5.32 Å². The van der Waals surface area contributed by atoms with Crippen LogP contribution in [0.2, 0.25) is 0 Å². The van der Waals surface area contributed by atoms with E-state index in [1.165, 1.54) is 6.26 Å². The van der Waals surface area contributed by atoms with Gasteiger partial charge in [-0.25, -0.2) is 8.42 Å². The van der Waals surface area contributed by atoms with Crippen LogP contribution in [0.5, 0.6) is 0 Å². The van der Waals surface area contributed by atoms with Crippen molar-refractivity contribution in [1.82, 2.24) is 5.32 Å². The maximum Gasteiger partial charge on any atom is 0.160 e. The molecular weight excluding hydrogens is 297 g/mol. The molecule has 1 unspecified atom stereocenters. The van der Waals surface area contributed by atoms with Crippen molar-refractivity contribution in [2.75, 3.05) is 18.7 Å². The summed E-state index contributed by atoms with van der Waals surface area (Å²) in [4.78, 5) is 0. The highest BCUT2D eigenvalue weighted by molar-refractivity contribution is 14.1. The number of rotatable bonds is 5. The van der Waals surface area contributed by atoms with Crippen LogP contribution in [-0.2, 0) is 9.84 Å². The summed E-state index contributed by atoms with van der Waals surface area (Å²) in [5.74, 6) is 0.0235. The Bertz CT molecular complexity index is 215. The van der Waals surface area contributed by atoms with E-state index in [0.29, 0.717) is 6.54 Å². The first-order chi connectivity index (χ1) is 4.95. The minimum absolute atomic E-state index is 0.0235. The first kappa shape index (κ1) is 11.7. The summed E-state index contributed by atoms with van der Waals surface area (Å²) in [5, 5.41) is 4.39. The van der Waals surface area contributed by atoms with Crippen LogP contribution in [0.15, 0.2) is 0 Å². The summed E-state index contributed by atoms with van der Waals surface area (Å²) in [6.07, 6.45) is 1.19. The molecule has 0 heterocycles. The van der Waals surface area contributed by atoms with Gasteiger partial charge in [0.25, 0.3) is 0 Å². The van der Waals surface area contributed by atoms with Crippen molar-refractivity contribution in [2.45, 2.75) is 3.92 Å². The molecule has 11 heavy (non-hydrogen) atoms. The average molecular weight is 307 g/mol. The lowest BCUT2D eigenvalue weighted by atomic mass is 10.5. The quantitative estimate of drug-likeness (QED) is 0.453. The van der Waals surface area contributed by atoms with Crippen LogP contribution in [0.1, 0.15) is 0 Å². The van der Waals surface area contributed by atoms with Gasteiger partial charge in [0.1, 0.15) is 0 Å². The molecule has 0 rings (SSSR count). The molecule has 1 atom stereocenters. The van der Waals surface area contributed by atoms with E-state index < -0.39 is 9.84 Å². The van der Waals surface area contributed by atoms with E-state index in [9.17, 15) is 8.42 Å². The van der Waals surface area contributed by atoms with Crippen molar-refractivity contribution in [3.05, 3.63) is 0 Å². The number of alkyl halides is 1. The summed E-state index contributed by atoms with van der Waals surface area (Å²) in [5.41, 5.74) is 0. The molecule has 0 aromatic carbocycles. The number of halogens is 1. The summed E-state index contributed by atoms with van der Waals surface area (Å²) >= 11 is 6.80. The van der Waals surface area contributed by atoms with Crippen molar-refractivity contribution < 1.29 is 8.42 Å². The first-order valence-electron chi connectivity index (χ1n) is 2.93. The highest BCUT2D eigenvalue weighted by atomic mass is 127. The number of nitrogens with one attached hydrogen (secondary N) is 1. The lowest BCUT2D eigenvalue weighted by molar-refractivity contribution is 0.594. The van der Waals surface area contributed by atoms with E-state index in [4.69, 9.17) is 0 Å². The Morgan fingerprint density at radius 2 is 2.27 bits per heavy atom. The van der Waals surface area contributed by atoms with Gasteiger partial charge in [0, 0.05) is 12.8 Å². The maximum absolute atomic E-state index is 10.6. The molecule has 66 valence electrons. The largest absolute Gasteiger partial charge is 0.302 e. The molecule has 0 radical (unpaired) electrons. The molecule has 0 bridgehead atoms. The average Bonchev–Trinajstić information content (AvgIpc) is 1.85. The number of hydrogen-bond acceptors (Lipinski definition) is 4. The summed E-state index contributed by atoms with van der Waals surface area (Å²) < 4.78 is 21.4. The van der Waals surface area contributed by atoms with Crippen LogP contribution in [0.3, 0.4) is 0 Å². The summed E-state index contributed by atoms with van der Waals surface area (Å²) in [6.45, 7) is 0.608. The fourth-order valence-corrected chi connectivity index (χ4v) is 1.33. The van der Waals surface area contributed by atoms with Gasteiger partial charge in [0.05, 0.1) is 9.80 Å². The molecule has 0 spiro atoms. The standard InChI is InChI=1S/C5H10INO2S2/c1-11(8,9)4-7-2-5(6)3-10/h3,5,7H,2,4H2,1H3. The van der Waals surface area contributed by atoms with E-state index in [1.54, 1.807) is 5.37 Å². The summed E-state index contributed by atoms with van der Waals surface area (Å²) in [7, 11) is -2.89. The highest BCUT2D eigenvalue weighted by Gasteiger charge is 2.02. The van der Waals surface area contributed by atoms with Crippen molar-refractivity contribution in [2.24, 2.45) is 0 Å². The second-order valence-electron chi connectivity index (χ2n) is 2.18. The molecule has 0 fully saturated rings. The van der Waals surface area contributed by atoms with Crippen molar-refractivity contribution in [1.29, 1.82) is 0 Å². The molecule has 0 aliphatic carbocycles. The molecule has 0 aromatic rings. The molecular formula is C5H10INO2S2. The van der Waals surface area contributed by atoms with Crippen LogP contribution in [0, 0.1) is 0 Å². The van der Waals surface area contributed by atoms with Crippen molar-refractivity contribution in [3.63, 3.8) is 0 Å².